The number of rotatable bonds is 5. The number of nitrogens with zero attached hydrogens (tertiary/aromatic N) is 2. The summed E-state index contributed by atoms with van der Waals surface area (Å²) < 4.78 is 0. The SMILES string of the molecule is Cc1ccc(C(=O)N(CCO)Cc2ccc(Cl)c(Cl)c2)cn1. The maximum atomic E-state index is 12.5. The first-order chi connectivity index (χ1) is 10.5. The van der Waals surface area contributed by atoms with Crippen molar-refractivity contribution in [1.82, 2.24) is 9.88 Å². The summed E-state index contributed by atoms with van der Waals surface area (Å²) in [7, 11) is 0. The second-order valence-electron chi connectivity index (χ2n) is 4.89. The van der Waals surface area contributed by atoms with Crippen LogP contribution in [0.1, 0.15) is 21.6 Å². The highest BCUT2D eigenvalue weighted by atomic mass is 35.5. The summed E-state index contributed by atoms with van der Waals surface area (Å²) in [6.45, 7) is 2.30. The lowest BCUT2D eigenvalue weighted by atomic mass is 10.1. The number of halogens is 2. The second-order valence-corrected chi connectivity index (χ2v) is 5.70. The topological polar surface area (TPSA) is 53.4 Å². The second kappa shape index (κ2) is 7.58. The van der Waals surface area contributed by atoms with Gasteiger partial charge in [0.05, 0.1) is 22.2 Å². The van der Waals surface area contributed by atoms with Crippen LogP contribution in [0.15, 0.2) is 36.5 Å². The number of amides is 1. The Hall–Kier alpha value is -1.62. The third-order valence-electron chi connectivity index (χ3n) is 3.17. The van der Waals surface area contributed by atoms with Crippen LogP contribution >= 0.6 is 23.2 Å². The molecular weight excluding hydrogens is 323 g/mol. The van der Waals surface area contributed by atoms with E-state index in [1.54, 1.807) is 35.2 Å². The van der Waals surface area contributed by atoms with Crippen LogP contribution in [0.2, 0.25) is 10.0 Å². The van der Waals surface area contributed by atoms with E-state index in [-0.39, 0.29) is 19.1 Å². The molecule has 2 rings (SSSR count). The fourth-order valence-corrected chi connectivity index (χ4v) is 2.33. The molecule has 1 N–H and O–H groups in total. The number of carbonyl (C=O) groups excluding carboxylic acids is 1. The number of benzene rings is 1. The molecule has 22 heavy (non-hydrogen) atoms. The summed E-state index contributed by atoms with van der Waals surface area (Å²) in [5, 5.41) is 10.1. The summed E-state index contributed by atoms with van der Waals surface area (Å²) in [6.07, 6.45) is 1.54. The molecule has 6 heteroatoms. The van der Waals surface area contributed by atoms with E-state index in [1.807, 2.05) is 6.92 Å². The Morgan fingerprint density at radius 2 is 2.00 bits per heavy atom. The molecule has 0 fully saturated rings. The fraction of sp³-hybridized carbons (Fsp3) is 0.250. The Bertz CT molecular complexity index is 660. The van der Waals surface area contributed by atoms with Gasteiger partial charge in [-0.05, 0) is 36.8 Å². The van der Waals surface area contributed by atoms with E-state index in [9.17, 15) is 9.90 Å². The molecule has 1 aromatic heterocycles. The average molecular weight is 339 g/mol. The molecule has 0 spiro atoms. The molecule has 0 aliphatic rings. The minimum Gasteiger partial charge on any atom is -0.395 e. The maximum absolute atomic E-state index is 12.5. The Balaban J connectivity index is 2.19. The number of aliphatic hydroxyl groups excluding tert-OH is 1. The molecular formula is C16H16Cl2N2O2. The quantitative estimate of drug-likeness (QED) is 0.909. The van der Waals surface area contributed by atoms with Crippen molar-refractivity contribution < 1.29 is 9.90 Å². The van der Waals surface area contributed by atoms with Crippen molar-refractivity contribution in [3.05, 3.63) is 63.4 Å². The lowest BCUT2D eigenvalue weighted by Gasteiger charge is -2.22. The lowest BCUT2D eigenvalue weighted by Crippen LogP contribution is -2.33. The monoisotopic (exact) mass is 338 g/mol. The number of carbonyl (C=O) groups is 1. The van der Waals surface area contributed by atoms with Crippen LogP contribution in [0.5, 0.6) is 0 Å². The summed E-state index contributed by atoms with van der Waals surface area (Å²) in [6, 6.07) is 8.72. The van der Waals surface area contributed by atoms with E-state index in [1.165, 1.54) is 6.20 Å². The molecule has 1 heterocycles. The van der Waals surface area contributed by atoms with Gasteiger partial charge in [0.2, 0.25) is 0 Å². The minimum atomic E-state index is -0.187. The van der Waals surface area contributed by atoms with Gasteiger partial charge in [-0.1, -0.05) is 29.3 Å². The van der Waals surface area contributed by atoms with Crippen molar-refractivity contribution in [1.29, 1.82) is 0 Å². The van der Waals surface area contributed by atoms with Crippen molar-refractivity contribution >= 4 is 29.1 Å². The molecule has 2 aromatic rings. The van der Waals surface area contributed by atoms with Crippen LogP contribution in [0, 0.1) is 6.92 Å². The Labute approximate surface area is 139 Å². The van der Waals surface area contributed by atoms with E-state index >= 15 is 0 Å². The standard InChI is InChI=1S/C16H16Cl2N2O2/c1-11-2-4-13(9-19-11)16(22)20(6-7-21)10-12-3-5-14(17)15(18)8-12/h2-5,8-9,21H,6-7,10H2,1H3. The highest BCUT2D eigenvalue weighted by Crippen LogP contribution is 2.23. The minimum absolute atomic E-state index is 0.119. The molecule has 0 radical (unpaired) electrons. The third kappa shape index (κ3) is 4.19. The van der Waals surface area contributed by atoms with Gasteiger partial charge in [-0.3, -0.25) is 9.78 Å². The predicted octanol–water partition coefficient (Wildman–Crippen LogP) is 3.33. The normalized spacial score (nSPS) is 10.5. The van der Waals surface area contributed by atoms with E-state index in [0.29, 0.717) is 22.2 Å². The number of hydrogen-bond donors (Lipinski definition) is 1. The first-order valence-corrected chi connectivity index (χ1v) is 7.53. The Morgan fingerprint density at radius 3 is 2.59 bits per heavy atom. The zero-order chi connectivity index (χ0) is 16.1. The van der Waals surface area contributed by atoms with Gasteiger partial charge in [-0.15, -0.1) is 0 Å². The number of pyridine rings is 1. The van der Waals surface area contributed by atoms with Crippen molar-refractivity contribution in [2.24, 2.45) is 0 Å². The zero-order valence-electron chi connectivity index (χ0n) is 12.1. The van der Waals surface area contributed by atoms with Crippen molar-refractivity contribution in [2.75, 3.05) is 13.2 Å². The summed E-state index contributed by atoms with van der Waals surface area (Å²) in [5.41, 5.74) is 2.17. The van der Waals surface area contributed by atoms with Crippen LogP contribution in [0.25, 0.3) is 0 Å². The van der Waals surface area contributed by atoms with Gasteiger partial charge in [0.15, 0.2) is 0 Å². The van der Waals surface area contributed by atoms with E-state index in [4.69, 9.17) is 23.2 Å². The molecule has 0 bridgehead atoms. The number of hydrogen-bond acceptors (Lipinski definition) is 3. The molecule has 0 saturated heterocycles. The molecule has 1 amide bonds. The summed E-state index contributed by atoms with van der Waals surface area (Å²) in [5.74, 6) is -0.187. The third-order valence-corrected chi connectivity index (χ3v) is 3.91. The Morgan fingerprint density at radius 1 is 1.23 bits per heavy atom. The molecule has 0 aliphatic carbocycles. The molecule has 4 nitrogen and oxygen atoms in total. The van der Waals surface area contributed by atoms with Crippen molar-refractivity contribution in [3.8, 4) is 0 Å². The molecule has 0 unspecified atom stereocenters. The zero-order valence-corrected chi connectivity index (χ0v) is 13.6. The lowest BCUT2D eigenvalue weighted by molar-refractivity contribution is 0.0707. The maximum Gasteiger partial charge on any atom is 0.255 e. The summed E-state index contributed by atoms with van der Waals surface area (Å²) in [4.78, 5) is 18.2. The fourth-order valence-electron chi connectivity index (χ4n) is 2.01. The highest BCUT2D eigenvalue weighted by Gasteiger charge is 2.16. The van der Waals surface area contributed by atoms with Crippen LogP contribution in [-0.2, 0) is 6.54 Å². The number of aryl methyl sites for hydroxylation is 1. The van der Waals surface area contributed by atoms with Gasteiger partial charge >= 0.3 is 0 Å². The number of aliphatic hydroxyl groups is 1. The molecule has 116 valence electrons. The highest BCUT2D eigenvalue weighted by molar-refractivity contribution is 6.42. The number of aromatic nitrogens is 1. The van der Waals surface area contributed by atoms with E-state index in [0.717, 1.165) is 11.3 Å². The van der Waals surface area contributed by atoms with Crippen LogP contribution in [0.4, 0.5) is 0 Å². The first kappa shape index (κ1) is 16.7. The van der Waals surface area contributed by atoms with Gasteiger partial charge in [-0.2, -0.15) is 0 Å². The van der Waals surface area contributed by atoms with Crippen molar-refractivity contribution in [3.63, 3.8) is 0 Å². The molecule has 0 atom stereocenters. The average Bonchev–Trinajstić information content (AvgIpc) is 2.50. The predicted molar refractivity (Wildman–Crippen MR) is 87.3 cm³/mol. The largest absolute Gasteiger partial charge is 0.395 e. The smallest absolute Gasteiger partial charge is 0.255 e. The molecule has 0 saturated carbocycles. The van der Waals surface area contributed by atoms with Gasteiger partial charge in [0.25, 0.3) is 5.91 Å². The molecule has 1 aromatic carbocycles. The van der Waals surface area contributed by atoms with Crippen LogP contribution < -0.4 is 0 Å². The van der Waals surface area contributed by atoms with Gasteiger partial charge < -0.3 is 10.0 Å². The van der Waals surface area contributed by atoms with E-state index in [2.05, 4.69) is 4.98 Å². The summed E-state index contributed by atoms with van der Waals surface area (Å²) >= 11 is 11.9. The van der Waals surface area contributed by atoms with E-state index < -0.39 is 0 Å². The van der Waals surface area contributed by atoms with Gasteiger partial charge in [0, 0.05) is 25.0 Å². The van der Waals surface area contributed by atoms with Gasteiger partial charge in [0.1, 0.15) is 0 Å². The first-order valence-electron chi connectivity index (χ1n) is 6.78. The van der Waals surface area contributed by atoms with Gasteiger partial charge in [-0.25, -0.2) is 0 Å². The molecule has 0 aliphatic heterocycles. The van der Waals surface area contributed by atoms with Crippen LogP contribution in [0.3, 0.4) is 0 Å². The van der Waals surface area contributed by atoms with Crippen molar-refractivity contribution in [2.45, 2.75) is 13.5 Å². The Kier molecular flexibility index (Phi) is 5.77. The van der Waals surface area contributed by atoms with Crippen LogP contribution in [-0.4, -0.2) is 34.0 Å².